The number of aliphatic carboxylic acids is 2. The Labute approximate surface area is 164 Å². The molecule has 0 aliphatic carbocycles. The van der Waals surface area contributed by atoms with Gasteiger partial charge in [0, 0.05) is 29.1 Å². The fourth-order valence-corrected chi connectivity index (χ4v) is 4.17. The zero-order valence-corrected chi connectivity index (χ0v) is 16.1. The normalized spacial score (nSPS) is 20.1. The highest BCUT2D eigenvalue weighted by atomic mass is 32.1. The molecule has 2 aliphatic heterocycles. The van der Waals surface area contributed by atoms with Crippen LogP contribution in [-0.4, -0.2) is 52.3 Å². The van der Waals surface area contributed by atoms with Crippen LogP contribution < -0.4 is 10.6 Å². The summed E-state index contributed by atoms with van der Waals surface area (Å²) in [5.41, 5.74) is 1.03. The number of amidine groups is 2. The van der Waals surface area contributed by atoms with E-state index in [1.807, 2.05) is 26.1 Å². The topological polar surface area (TPSA) is 140 Å². The third-order valence-electron chi connectivity index (χ3n) is 4.70. The summed E-state index contributed by atoms with van der Waals surface area (Å²) >= 11 is 1.26. The van der Waals surface area contributed by atoms with Crippen LogP contribution in [0.5, 0.6) is 0 Å². The Hall–Kier alpha value is -3.01. The quantitative estimate of drug-likeness (QED) is 0.542. The fraction of sp³-hybridized carbons (Fsp3) is 0.389. The first-order valence-corrected chi connectivity index (χ1v) is 9.49. The van der Waals surface area contributed by atoms with Gasteiger partial charge in [-0.05, 0) is 25.0 Å². The summed E-state index contributed by atoms with van der Waals surface area (Å²) in [6.45, 7) is 4.54. The van der Waals surface area contributed by atoms with Crippen LogP contribution in [0, 0.1) is 5.92 Å². The van der Waals surface area contributed by atoms with Crippen LogP contribution in [0.3, 0.4) is 0 Å². The molecule has 2 aliphatic rings. The average Bonchev–Trinajstić information content (AvgIpc) is 3.27. The van der Waals surface area contributed by atoms with Crippen LogP contribution in [0.15, 0.2) is 33.9 Å². The highest BCUT2D eigenvalue weighted by Gasteiger charge is 2.33. The number of thiophene rings is 1. The second-order valence-electron chi connectivity index (χ2n) is 6.67. The van der Waals surface area contributed by atoms with Crippen molar-refractivity contribution in [2.24, 2.45) is 15.9 Å². The van der Waals surface area contributed by atoms with Crippen molar-refractivity contribution in [2.75, 3.05) is 6.54 Å². The minimum absolute atomic E-state index is 0.0868. The van der Waals surface area contributed by atoms with Crippen LogP contribution in [0.25, 0.3) is 0 Å². The summed E-state index contributed by atoms with van der Waals surface area (Å²) in [5, 5.41) is 23.3. The highest BCUT2D eigenvalue weighted by molar-refractivity contribution is 7.14. The second kappa shape index (κ2) is 7.93. The summed E-state index contributed by atoms with van der Waals surface area (Å²) in [5.74, 6) is -1.44. The molecule has 0 saturated carbocycles. The number of amides is 1. The molecule has 0 bridgehead atoms. The summed E-state index contributed by atoms with van der Waals surface area (Å²) in [6, 6.07) is 1.98. The van der Waals surface area contributed by atoms with Gasteiger partial charge in [0.1, 0.15) is 17.7 Å². The van der Waals surface area contributed by atoms with E-state index in [9.17, 15) is 14.4 Å². The molecule has 4 N–H and O–H groups in total. The monoisotopic (exact) mass is 404 g/mol. The predicted molar refractivity (Wildman–Crippen MR) is 104 cm³/mol. The van der Waals surface area contributed by atoms with Crippen LogP contribution in [-0.2, 0) is 9.59 Å². The van der Waals surface area contributed by atoms with E-state index in [-0.39, 0.29) is 11.8 Å². The minimum atomic E-state index is -1.47. The van der Waals surface area contributed by atoms with Crippen molar-refractivity contribution >= 4 is 40.9 Å². The van der Waals surface area contributed by atoms with Gasteiger partial charge < -0.3 is 20.8 Å². The molecule has 9 nitrogen and oxygen atoms in total. The lowest BCUT2D eigenvalue weighted by atomic mass is 9.87. The Morgan fingerprint density at radius 2 is 2.11 bits per heavy atom. The first-order chi connectivity index (χ1) is 13.3. The SMILES string of the molecule is CC1=NC=C2C(=NCC2C(C)c2ccc(C(=O)N[C@@H](CC(=O)O)C(=O)O)s2)N1. The van der Waals surface area contributed by atoms with Gasteiger partial charge in [0.2, 0.25) is 0 Å². The number of hydrogen-bond donors (Lipinski definition) is 4. The number of carboxylic acid groups (broad SMARTS) is 2. The molecule has 1 amide bonds. The van der Waals surface area contributed by atoms with Crippen molar-refractivity contribution in [2.45, 2.75) is 32.2 Å². The van der Waals surface area contributed by atoms with E-state index in [2.05, 4.69) is 20.6 Å². The predicted octanol–water partition coefficient (Wildman–Crippen LogP) is 1.44. The summed E-state index contributed by atoms with van der Waals surface area (Å²) in [7, 11) is 0. The van der Waals surface area contributed by atoms with Crippen LogP contribution >= 0.6 is 11.3 Å². The van der Waals surface area contributed by atoms with Crippen molar-refractivity contribution in [1.82, 2.24) is 10.6 Å². The average molecular weight is 404 g/mol. The fourth-order valence-electron chi connectivity index (χ4n) is 3.14. The number of carbonyl (C=O) groups excluding carboxylic acids is 1. The molecule has 0 aromatic carbocycles. The molecule has 10 heteroatoms. The lowest BCUT2D eigenvalue weighted by molar-refractivity contribution is -0.145. The van der Waals surface area contributed by atoms with Gasteiger partial charge in [-0.25, -0.2) is 9.79 Å². The summed E-state index contributed by atoms with van der Waals surface area (Å²) in [6.07, 6.45) is 1.14. The van der Waals surface area contributed by atoms with Gasteiger partial charge in [-0.15, -0.1) is 11.3 Å². The number of hydrogen-bond acceptors (Lipinski definition) is 7. The summed E-state index contributed by atoms with van der Waals surface area (Å²) < 4.78 is 0. The Bertz CT molecular complexity index is 917. The van der Waals surface area contributed by atoms with Gasteiger partial charge >= 0.3 is 11.9 Å². The van der Waals surface area contributed by atoms with E-state index in [0.717, 1.165) is 22.1 Å². The van der Waals surface area contributed by atoms with Gasteiger partial charge in [-0.3, -0.25) is 14.6 Å². The lowest BCUT2D eigenvalue weighted by Crippen LogP contribution is -2.41. The smallest absolute Gasteiger partial charge is 0.326 e. The standard InChI is InChI=1S/C18H20N4O5S/c1-8(10-6-20-16-11(10)7-19-9(2)21-16)13-3-4-14(28-13)17(25)22-12(18(26)27)5-15(23)24/h3-4,7-8,10,12H,5-6H2,1-2H3,(H,22,25)(H,23,24)(H,26,27)(H,19,20,21)/t8?,10?,12-/m0/s1. The van der Waals surface area contributed by atoms with Gasteiger partial charge in [-0.2, -0.15) is 0 Å². The van der Waals surface area contributed by atoms with Crippen molar-refractivity contribution in [1.29, 1.82) is 0 Å². The van der Waals surface area contributed by atoms with Gasteiger partial charge in [0.25, 0.3) is 5.91 Å². The van der Waals surface area contributed by atoms with Crippen molar-refractivity contribution in [3.63, 3.8) is 0 Å². The van der Waals surface area contributed by atoms with Gasteiger partial charge in [-0.1, -0.05) is 6.92 Å². The number of rotatable bonds is 7. The Morgan fingerprint density at radius 3 is 2.79 bits per heavy atom. The second-order valence-corrected chi connectivity index (χ2v) is 7.79. The maximum atomic E-state index is 12.3. The van der Waals surface area contributed by atoms with E-state index in [1.54, 1.807) is 6.07 Å². The van der Waals surface area contributed by atoms with E-state index >= 15 is 0 Å². The van der Waals surface area contributed by atoms with Crippen LogP contribution in [0.2, 0.25) is 0 Å². The Morgan fingerprint density at radius 1 is 1.36 bits per heavy atom. The first-order valence-electron chi connectivity index (χ1n) is 8.67. The number of carboxylic acids is 2. The molecule has 0 radical (unpaired) electrons. The molecule has 2 unspecified atom stereocenters. The zero-order chi connectivity index (χ0) is 20.4. The molecule has 0 saturated heterocycles. The van der Waals surface area contributed by atoms with E-state index in [1.165, 1.54) is 11.3 Å². The first kappa shape index (κ1) is 19.7. The zero-order valence-electron chi connectivity index (χ0n) is 15.3. The highest BCUT2D eigenvalue weighted by Crippen LogP contribution is 2.37. The number of carbonyl (C=O) groups is 3. The largest absolute Gasteiger partial charge is 0.481 e. The maximum Gasteiger partial charge on any atom is 0.326 e. The number of nitrogens with one attached hydrogen (secondary N) is 2. The third kappa shape index (κ3) is 4.11. The molecule has 3 heterocycles. The minimum Gasteiger partial charge on any atom is -0.481 e. The van der Waals surface area contributed by atoms with Crippen molar-refractivity contribution in [3.8, 4) is 0 Å². The van der Waals surface area contributed by atoms with E-state index < -0.39 is 30.3 Å². The molecule has 0 fully saturated rings. The molecular formula is C18H20N4O5S. The lowest BCUT2D eigenvalue weighted by Gasteiger charge is -2.21. The van der Waals surface area contributed by atoms with Gasteiger partial charge in [0.15, 0.2) is 0 Å². The maximum absolute atomic E-state index is 12.3. The molecule has 3 rings (SSSR count). The Balaban J connectivity index is 1.71. The van der Waals surface area contributed by atoms with Crippen molar-refractivity contribution < 1.29 is 24.6 Å². The Kier molecular flexibility index (Phi) is 5.59. The molecule has 1 aromatic heterocycles. The molecule has 28 heavy (non-hydrogen) atoms. The molecule has 1 aromatic rings. The molecular weight excluding hydrogens is 384 g/mol. The van der Waals surface area contributed by atoms with E-state index in [0.29, 0.717) is 11.4 Å². The van der Waals surface area contributed by atoms with Crippen molar-refractivity contribution in [3.05, 3.63) is 33.7 Å². The van der Waals surface area contributed by atoms with Gasteiger partial charge in [0.05, 0.1) is 11.3 Å². The third-order valence-corrected chi connectivity index (χ3v) is 5.99. The number of nitrogens with zero attached hydrogens (tertiary/aromatic N) is 2. The number of aliphatic imine (C=N–C) groups is 2. The molecule has 0 spiro atoms. The van der Waals surface area contributed by atoms with Crippen LogP contribution in [0.4, 0.5) is 0 Å². The van der Waals surface area contributed by atoms with Crippen LogP contribution in [0.1, 0.15) is 40.7 Å². The molecule has 148 valence electrons. The van der Waals surface area contributed by atoms with E-state index in [4.69, 9.17) is 10.2 Å². The number of fused-ring (bicyclic) bond motifs is 1. The molecule has 3 atom stereocenters. The summed E-state index contributed by atoms with van der Waals surface area (Å²) in [4.78, 5) is 44.4.